The average molecular weight is 446 g/mol. The number of thiazole rings is 1. The van der Waals surface area contributed by atoms with Gasteiger partial charge < -0.3 is 4.90 Å². The van der Waals surface area contributed by atoms with E-state index in [1.165, 1.54) is 29.9 Å². The zero-order chi connectivity index (χ0) is 22.1. The largest absolute Gasteiger partial charge is 0.333 e. The molecule has 0 unspecified atom stereocenters. The first-order valence-electron chi connectivity index (χ1n) is 10.1. The fourth-order valence-electron chi connectivity index (χ4n) is 3.62. The second-order valence-corrected chi connectivity index (χ2v) is 8.39. The molecule has 9 nitrogen and oxygen atoms in total. The number of para-hydroxylation sites is 1. The molecule has 3 aromatic heterocycles. The molecule has 1 aliphatic rings. The summed E-state index contributed by atoms with van der Waals surface area (Å²) in [5, 5.41) is 7.68. The minimum absolute atomic E-state index is 0.0612. The highest BCUT2D eigenvalue weighted by Crippen LogP contribution is 2.29. The summed E-state index contributed by atoms with van der Waals surface area (Å²) in [6, 6.07) is 9.73. The van der Waals surface area contributed by atoms with E-state index in [9.17, 15) is 9.59 Å². The summed E-state index contributed by atoms with van der Waals surface area (Å²) in [4.78, 5) is 40.7. The number of hydrogen-bond donors (Lipinski definition) is 1. The van der Waals surface area contributed by atoms with Gasteiger partial charge >= 0.3 is 0 Å². The van der Waals surface area contributed by atoms with Crippen LogP contribution in [0.5, 0.6) is 0 Å². The van der Waals surface area contributed by atoms with Crippen molar-refractivity contribution in [1.29, 1.82) is 0 Å². The zero-order valence-electron chi connectivity index (χ0n) is 17.2. The Morgan fingerprint density at radius 1 is 1.12 bits per heavy atom. The summed E-state index contributed by atoms with van der Waals surface area (Å²) in [5.74, 6) is -0.421. The third-order valence-corrected chi connectivity index (χ3v) is 6.27. The minimum Gasteiger partial charge on any atom is -0.333 e. The molecule has 4 heterocycles. The van der Waals surface area contributed by atoms with Crippen LogP contribution in [0.2, 0.25) is 0 Å². The van der Waals surface area contributed by atoms with Gasteiger partial charge in [0.15, 0.2) is 5.13 Å². The topological polar surface area (TPSA) is 106 Å². The third-order valence-electron chi connectivity index (χ3n) is 5.28. The monoisotopic (exact) mass is 445 g/mol. The van der Waals surface area contributed by atoms with Crippen LogP contribution in [-0.2, 0) is 13.0 Å². The Morgan fingerprint density at radius 3 is 2.75 bits per heavy atom. The molecule has 0 saturated heterocycles. The number of hydrogen-bond acceptors (Lipinski definition) is 7. The average Bonchev–Trinajstić information content (AvgIpc) is 3.41. The molecule has 0 spiro atoms. The quantitative estimate of drug-likeness (QED) is 0.518. The predicted molar refractivity (Wildman–Crippen MR) is 119 cm³/mol. The lowest BCUT2D eigenvalue weighted by atomic mass is 10.1. The van der Waals surface area contributed by atoms with Gasteiger partial charge in [-0.3, -0.25) is 19.9 Å². The molecule has 160 valence electrons. The van der Waals surface area contributed by atoms with Gasteiger partial charge in [0.1, 0.15) is 5.69 Å². The maximum Gasteiger partial charge on any atom is 0.277 e. The van der Waals surface area contributed by atoms with Gasteiger partial charge in [-0.1, -0.05) is 29.5 Å². The highest BCUT2D eigenvalue weighted by molar-refractivity contribution is 7.15. The van der Waals surface area contributed by atoms with E-state index < -0.39 is 0 Å². The first-order chi connectivity index (χ1) is 15.6. The molecule has 32 heavy (non-hydrogen) atoms. The summed E-state index contributed by atoms with van der Waals surface area (Å²) in [6.45, 7) is 2.90. The normalized spacial score (nSPS) is 13.0. The van der Waals surface area contributed by atoms with E-state index in [1.807, 2.05) is 37.3 Å². The lowest BCUT2D eigenvalue weighted by Crippen LogP contribution is -2.35. The first kappa shape index (κ1) is 20.0. The van der Waals surface area contributed by atoms with Gasteiger partial charge in [0.05, 0.1) is 41.6 Å². The Balaban J connectivity index is 1.31. The van der Waals surface area contributed by atoms with Crippen LogP contribution in [-0.4, -0.2) is 48.0 Å². The summed E-state index contributed by atoms with van der Waals surface area (Å²) in [6.07, 6.45) is 6.63. The van der Waals surface area contributed by atoms with Crippen molar-refractivity contribution in [2.75, 3.05) is 11.9 Å². The Kier molecular flexibility index (Phi) is 5.20. The molecule has 0 atom stereocenters. The van der Waals surface area contributed by atoms with Crippen LogP contribution >= 0.6 is 11.3 Å². The van der Waals surface area contributed by atoms with E-state index in [2.05, 4.69) is 25.4 Å². The number of carbonyl (C=O) groups excluding carboxylic acids is 2. The molecule has 0 radical (unpaired) electrons. The molecule has 1 aromatic carbocycles. The molecule has 0 bridgehead atoms. The maximum absolute atomic E-state index is 13.2. The van der Waals surface area contributed by atoms with Crippen LogP contribution in [0.3, 0.4) is 0 Å². The van der Waals surface area contributed by atoms with Crippen LogP contribution in [0.15, 0.2) is 55.1 Å². The molecule has 5 rings (SSSR count). The van der Waals surface area contributed by atoms with Gasteiger partial charge in [0.2, 0.25) is 0 Å². The molecule has 1 aliphatic heterocycles. The summed E-state index contributed by atoms with van der Waals surface area (Å²) in [5.41, 5.74) is 3.43. The van der Waals surface area contributed by atoms with Crippen molar-refractivity contribution in [3.8, 4) is 5.69 Å². The Bertz CT molecular complexity index is 1280. The molecular formula is C22H19N7O2S. The fourth-order valence-corrected chi connectivity index (χ4v) is 4.64. The van der Waals surface area contributed by atoms with Crippen LogP contribution in [0.25, 0.3) is 5.69 Å². The smallest absolute Gasteiger partial charge is 0.277 e. The number of amides is 2. The van der Waals surface area contributed by atoms with Gasteiger partial charge in [-0.2, -0.15) is 5.10 Å². The highest BCUT2D eigenvalue weighted by Gasteiger charge is 2.27. The van der Waals surface area contributed by atoms with Crippen LogP contribution < -0.4 is 5.32 Å². The van der Waals surface area contributed by atoms with Gasteiger partial charge in [-0.25, -0.2) is 14.6 Å². The number of fused-ring (bicyclic) bond motifs is 1. The second kappa shape index (κ2) is 8.31. The van der Waals surface area contributed by atoms with Gasteiger partial charge in [0.25, 0.3) is 11.8 Å². The lowest BCUT2D eigenvalue weighted by Gasteiger charge is -2.26. The number of nitrogens with zero attached hydrogens (tertiary/aromatic N) is 6. The fraction of sp³-hybridized carbons (Fsp3) is 0.182. The number of anilines is 1. The van der Waals surface area contributed by atoms with Gasteiger partial charge in [0, 0.05) is 30.2 Å². The van der Waals surface area contributed by atoms with Gasteiger partial charge in [-0.15, -0.1) is 0 Å². The van der Waals surface area contributed by atoms with Crippen molar-refractivity contribution in [3.63, 3.8) is 0 Å². The highest BCUT2D eigenvalue weighted by atomic mass is 32.1. The first-order valence-corrected chi connectivity index (χ1v) is 10.9. The third kappa shape index (κ3) is 3.76. The number of aromatic nitrogens is 5. The van der Waals surface area contributed by atoms with Crippen molar-refractivity contribution >= 4 is 28.3 Å². The zero-order valence-corrected chi connectivity index (χ0v) is 18.0. The SMILES string of the molecule is Cc1c(C(=O)N2CCc3nc(NC(=O)c4cnccn4)sc3C2)cnn1-c1ccccc1. The van der Waals surface area contributed by atoms with Crippen LogP contribution in [0.1, 0.15) is 37.1 Å². The molecular weight excluding hydrogens is 426 g/mol. The van der Waals surface area contributed by atoms with Crippen molar-refractivity contribution in [2.45, 2.75) is 19.9 Å². The predicted octanol–water partition coefficient (Wildman–Crippen LogP) is 2.88. The molecule has 4 aromatic rings. The summed E-state index contributed by atoms with van der Waals surface area (Å²) in [7, 11) is 0. The lowest BCUT2D eigenvalue weighted by molar-refractivity contribution is 0.0735. The number of nitrogens with one attached hydrogen (secondary N) is 1. The van der Waals surface area contributed by atoms with Crippen LogP contribution in [0, 0.1) is 6.92 Å². The van der Waals surface area contributed by atoms with Crippen molar-refractivity contribution in [3.05, 3.63) is 82.6 Å². The van der Waals surface area contributed by atoms with E-state index in [-0.39, 0.29) is 17.5 Å². The van der Waals surface area contributed by atoms with E-state index in [1.54, 1.807) is 15.8 Å². The standard InChI is InChI=1S/C22H19N7O2S/c1-14-16(11-25-29(14)15-5-3-2-4-6-15)21(31)28-10-7-17-19(13-28)32-22(26-17)27-20(30)18-12-23-8-9-24-18/h2-6,8-9,11-12H,7,10,13H2,1H3,(H,26,27,30). The van der Waals surface area contributed by atoms with Crippen molar-refractivity contribution in [2.24, 2.45) is 0 Å². The Labute approximate surface area is 187 Å². The van der Waals surface area contributed by atoms with E-state index in [0.29, 0.717) is 30.2 Å². The molecule has 10 heteroatoms. The second-order valence-electron chi connectivity index (χ2n) is 7.30. The van der Waals surface area contributed by atoms with Gasteiger partial charge in [-0.05, 0) is 19.1 Å². The van der Waals surface area contributed by atoms with E-state index in [4.69, 9.17) is 0 Å². The summed E-state index contributed by atoms with van der Waals surface area (Å²) < 4.78 is 1.77. The Hall–Kier alpha value is -3.92. The minimum atomic E-state index is -0.360. The van der Waals surface area contributed by atoms with Crippen molar-refractivity contribution in [1.82, 2.24) is 29.6 Å². The Morgan fingerprint density at radius 2 is 1.97 bits per heavy atom. The van der Waals surface area contributed by atoms with Crippen LogP contribution in [0.4, 0.5) is 5.13 Å². The molecule has 0 aliphatic carbocycles. The molecule has 2 amide bonds. The number of carbonyl (C=O) groups is 2. The maximum atomic E-state index is 13.2. The van der Waals surface area contributed by atoms with Crippen molar-refractivity contribution < 1.29 is 9.59 Å². The van der Waals surface area contributed by atoms with E-state index in [0.717, 1.165) is 22.0 Å². The number of benzene rings is 1. The summed E-state index contributed by atoms with van der Waals surface area (Å²) >= 11 is 1.37. The molecule has 0 saturated carbocycles. The molecule has 0 fully saturated rings. The van der Waals surface area contributed by atoms with E-state index >= 15 is 0 Å². The molecule has 1 N–H and O–H groups in total. The number of rotatable bonds is 4.